The highest BCUT2D eigenvalue weighted by molar-refractivity contribution is 6.08. The molecule has 10 heteroatoms. The highest BCUT2D eigenvalue weighted by Gasteiger charge is 2.39. The van der Waals surface area contributed by atoms with Crippen molar-refractivity contribution in [2.75, 3.05) is 6.54 Å². The van der Waals surface area contributed by atoms with Crippen molar-refractivity contribution < 1.29 is 28.5 Å². The summed E-state index contributed by atoms with van der Waals surface area (Å²) in [4.78, 5) is 60.4. The summed E-state index contributed by atoms with van der Waals surface area (Å²) in [5.74, 6) is -3.69. The zero-order valence-corrected chi connectivity index (χ0v) is 14.9. The highest BCUT2D eigenvalue weighted by atomic mass is 19.1. The maximum absolute atomic E-state index is 13.1. The molecule has 0 saturated carbocycles. The number of benzene rings is 2. The molecule has 9 nitrogen and oxygen atoms in total. The van der Waals surface area contributed by atoms with Crippen LogP contribution in [0, 0.1) is 15.9 Å². The lowest BCUT2D eigenvalue weighted by atomic mass is 10.1. The number of nitro benzene ring substituents is 1. The van der Waals surface area contributed by atoms with Gasteiger partial charge in [-0.25, -0.2) is 9.40 Å². The largest absolute Gasteiger partial charge is 0.292 e. The number of hydrazine groups is 1. The molecular weight excluding hydrogens is 385 g/mol. The van der Waals surface area contributed by atoms with E-state index in [1.807, 2.05) is 0 Å². The van der Waals surface area contributed by atoms with Gasteiger partial charge in [-0.05, 0) is 30.3 Å². The maximum Gasteiger partial charge on any atom is 0.282 e. The zero-order chi connectivity index (χ0) is 21.1. The molecule has 0 atom stereocenters. The Morgan fingerprint density at radius 2 is 1.62 bits per heavy atom. The second-order valence-corrected chi connectivity index (χ2v) is 6.17. The molecule has 0 spiro atoms. The molecule has 2 aromatic carbocycles. The van der Waals surface area contributed by atoms with Crippen LogP contribution in [0.4, 0.5) is 10.1 Å². The van der Waals surface area contributed by atoms with E-state index in [9.17, 15) is 33.7 Å². The van der Waals surface area contributed by atoms with Gasteiger partial charge < -0.3 is 0 Å². The molecule has 1 heterocycles. The summed E-state index contributed by atoms with van der Waals surface area (Å²) in [5, 5.41) is 12.4. The van der Waals surface area contributed by atoms with Crippen LogP contribution in [-0.4, -0.2) is 45.0 Å². The van der Waals surface area contributed by atoms with Gasteiger partial charge in [0.1, 0.15) is 17.9 Å². The molecule has 0 unspecified atom stereocenters. The first-order valence-electron chi connectivity index (χ1n) is 8.49. The average Bonchev–Trinajstić information content (AvgIpc) is 3.04. The highest BCUT2D eigenvalue weighted by Crippen LogP contribution is 2.23. The summed E-state index contributed by atoms with van der Waals surface area (Å²) < 4.78 is 13.1. The Hall–Kier alpha value is -3.95. The molecule has 3 rings (SSSR count). The number of carbonyl (C=O) groups excluding carboxylic acids is 4. The number of amides is 3. The van der Waals surface area contributed by atoms with Crippen molar-refractivity contribution >= 4 is 29.2 Å². The third kappa shape index (κ3) is 4.00. The molecule has 0 aliphatic carbocycles. The van der Waals surface area contributed by atoms with E-state index in [4.69, 9.17) is 0 Å². The second-order valence-electron chi connectivity index (χ2n) is 6.17. The Bertz CT molecular complexity index is 1000. The van der Waals surface area contributed by atoms with Gasteiger partial charge in [-0.2, -0.15) is 5.01 Å². The molecule has 1 aliphatic heterocycles. The Labute approximate surface area is 163 Å². The van der Waals surface area contributed by atoms with Gasteiger partial charge >= 0.3 is 0 Å². The number of carbonyl (C=O) groups is 4. The number of para-hydroxylation sites is 1. The van der Waals surface area contributed by atoms with Crippen LogP contribution in [0.3, 0.4) is 0 Å². The minimum Gasteiger partial charge on any atom is -0.292 e. The van der Waals surface area contributed by atoms with Crippen molar-refractivity contribution in [1.29, 1.82) is 0 Å². The summed E-state index contributed by atoms with van der Waals surface area (Å²) >= 11 is 0. The first kappa shape index (κ1) is 19.8. The minimum atomic E-state index is -1.05. The van der Waals surface area contributed by atoms with Crippen LogP contribution < -0.4 is 0 Å². The van der Waals surface area contributed by atoms with Crippen molar-refractivity contribution in [3.63, 3.8) is 0 Å². The summed E-state index contributed by atoms with van der Waals surface area (Å²) in [6.07, 6.45) is -0.297. The molecule has 0 bridgehead atoms. The van der Waals surface area contributed by atoms with E-state index in [2.05, 4.69) is 0 Å². The average molecular weight is 399 g/mol. The van der Waals surface area contributed by atoms with Gasteiger partial charge in [0.05, 0.1) is 4.92 Å². The number of halogens is 1. The summed E-state index contributed by atoms with van der Waals surface area (Å²) in [5.41, 5.74) is -0.862. The Balaban J connectivity index is 2.00. The molecular formula is C19H14FN3O6. The third-order valence-electron chi connectivity index (χ3n) is 4.29. The first-order chi connectivity index (χ1) is 13.8. The normalized spacial score (nSPS) is 13.5. The lowest BCUT2D eigenvalue weighted by molar-refractivity contribution is -0.385. The SMILES string of the molecule is O=C(CN(C(=O)c1ccccc1[N+](=O)[O-])N1C(=O)CCC1=O)c1ccc(F)cc1. The van der Waals surface area contributed by atoms with Gasteiger partial charge in [0.2, 0.25) is 11.8 Å². The minimum absolute atomic E-state index is 0.0471. The first-order valence-corrected chi connectivity index (χ1v) is 8.49. The number of nitrogens with zero attached hydrogens (tertiary/aromatic N) is 3. The topological polar surface area (TPSA) is 118 Å². The molecule has 148 valence electrons. The molecule has 0 radical (unpaired) electrons. The standard InChI is InChI=1S/C19H14FN3O6/c20-13-7-5-12(6-8-13)16(24)11-21(22-17(25)9-10-18(22)26)19(27)14-3-1-2-4-15(14)23(28)29/h1-8H,9-11H2. The monoisotopic (exact) mass is 399 g/mol. The van der Waals surface area contributed by atoms with E-state index < -0.39 is 46.5 Å². The number of Topliss-reactive ketones (excluding diaryl/α,β-unsaturated/α-hetero) is 1. The van der Waals surface area contributed by atoms with E-state index in [1.54, 1.807) is 0 Å². The van der Waals surface area contributed by atoms with Gasteiger partial charge in [0, 0.05) is 24.5 Å². The zero-order valence-electron chi connectivity index (χ0n) is 14.9. The number of ketones is 1. The van der Waals surface area contributed by atoms with Gasteiger partial charge in [-0.3, -0.25) is 29.3 Å². The van der Waals surface area contributed by atoms with Crippen LogP contribution in [0.2, 0.25) is 0 Å². The molecule has 1 saturated heterocycles. The maximum atomic E-state index is 13.1. The smallest absolute Gasteiger partial charge is 0.282 e. The number of hydrogen-bond acceptors (Lipinski definition) is 6. The van der Waals surface area contributed by atoms with Gasteiger partial charge in [-0.15, -0.1) is 0 Å². The van der Waals surface area contributed by atoms with E-state index >= 15 is 0 Å². The number of hydrogen-bond donors (Lipinski definition) is 0. The molecule has 2 aromatic rings. The third-order valence-corrected chi connectivity index (χ3v) is 4.29. The van der Waals surface area contributed by atoms with Crippen molar-refractivity contribution in [3.8, 4) is 0 Å². The summed E-state index contributed by atoms with van der Waals surface area (Å²) in [6, 6.07) is 9.49. The Morgan fingerprint density at radius 3 is 2.21 bits per heavy atom. The van der Waals surface area contributed by atoms with Crippen LogP contribution >= 0.6 is 0 Å². The summed E-state index contributed by atoms with van der Waals surface area (Å²) in [6.45, 7) is -0.728. The Kier molecular flexibility index (Phi) is 5.44. The van der Waals surface area contributed by atoms with Crippen LogP contribution in [0.25, 0.3) is 0 Å². The van der Waals surface area contributed by atoms with Crippen molar-refractivity contribution in [1.82, 2.24) is 10.0 Å². The van der Waals surface area contributed by atoms with Crippen molar-refractivity contribution in [2.24, 2.45) is 0 Å². The van der Waals surface area contributed by atoms with Gasteiger partial charge in [0.15, 0.2) is 5.78 Å². The van der Waals surface area contributed by atoms with Crippen molar-refractivity contribution in [2.45, 2.75) is 12.8 Å². The van der Waals surface area contributed by atoms with Crippen LogP contribution in [0.1, 0.15) is 33.6 Å². The molecule has 1 aliphatic rings. The lowest BCUT2D eigenvalue weighted by Crippen LogP contribution is -2.51. The fourth-order valence-electron chi connectivity index (χ4n) is 2.88. The van der Waals surface area contributed by atoms with Gasteiger partial charge in [0.25, 0.3) is 11.6 Å². The number of nitro groups is 1. The number of rotatable bonds is 6. The van der Waals surface area contributed by atoms with E-state index in [0.717, 1.165) is 18.2 Å². The second kappa shape index (κ2) is 7.97. The molecule has 3 amide bonds. The predicted octanol–water partition coefficient (Wildman–Crippen LogP) is 2.12. The van der Waals surface area contributed by atoms with E-state index in [-0.39, 0.29) is 24.0 Å². The molecule has 29 heavy (non-hydrogen) atoms. The van der Waals surface area contributed by atoms with Crippen LogP contribution in [-0.2, 0) is 9.59 Å². The lowest BCUT2D eigenvalue weighted by Gasteiger charge is -2.29. The fraction of sp³-hybridized carbons (Fsp3) is 0.158. The van der Waals surface area contributed by atoms with Crippen LogP contribution in [0.15, 0.2) is 48.5 Å². The molecule has 0 aromatic heterocycles. The van der Waals surface area contributed by atoms with E-state index in [0.29, 0.717) is 10.0 Å². The van der Waals surface area contributed by atoms with Crippen molar-refractivity contribution in [3.05, 3.63) is 75.6 Å². The quantitative estimate of drug-likeness (QED) is 0.318. The Morgan fingerprint density at radius 1 is 1.03 bits per heavy atom. The van der Waals surface area contributed by atoms with Crippen LogP contribution in [0.5, 0.6) is 0 Å². The van der Waals surface area contributed by atoms with Gasteiger partial charge in [-0.1, -0.05) is 12.1 Å². The molecule has 0 N–H and O–H groups in total. The van der Waals surface area contributed by atoms with E-state index in [1.165, 1.54) is 30.3 Å². The number of imide groups is 1. The fourth-order valence-corrected chi connectivity index (χ4v) is 2.88. The summed E-state index contributed by atoms with van der Waals surface area (Å²) in [7, 11) is 0. The molecule has 1 fully saturated rings. The predicted molar refractivity (Wildman–Crippen MR) is 96.0 cm³/mol.